The van der Waals surface area contributed by atoms with Gasteiger partial charge in [0.05, 0.1) is 26.4 Å². The van der Waals surface area contributed by atoms with Crippen LogP contribution in [0.1, 0.15) is 357 Å². The maximum atomic E-state index is 13.0. The van der Waals surface area contributed by atoms with Gasteiger partial charge >= 0.3 is 39.5 Å². The van der Waals surface area contributed by atoms with Gasteiger partial charge in [0.15, 0.2) is 12.2 Å². The Morgan fingerprint density at radius 3 is 0.681 bits per heavy atom. The van der Waals surface area contributed by atoms with Gasteiger partial charge in [0.25, 0.3) is 0 Å². The number of hydrogen-bond acceptors (Lipinski definition) is 15. The van der Waals surface area contributed by atoms with Crippen LogP contribution in [0.25, 0.3) is 0 Å². The van der Waals surface area contributed by atoms with E-state index in [0.717, 1.165) is 115 Å². The van der Waals surface area contributed by atoms with Crippen LogP contribution in [0.5, 0.6) is 0 Å². The van der Waals surface area contributed by atoms with Gasteiger partial charge in [-0.2, -0.15) is 0 Å². The number of rotatable bonds is 69. The van der Waals surface area contributed by atoms with E-state index in [1.165, 1.54) is 148 Å². The van der Waals surface area contributed by atoms with Crippen LogP contribution in [0.2, 0.25) is 0 Å². The van der Waals surface area contributed by atoms with Crippen LogP contribution in [-0.2, 0) is 65.4 Å². The van der Waals surface area contributed by atoms with E-state index in [-0.39, 0.29) is 25.7 Å². The van der Waals surface area contributed by atoms with Crippen molar-refractivity contribution >= 4 is 39.5 Å². The molecule has 0 saturated heterocycles. The number of phosphoric ester groups is 2. The minimum atomic E-state index is -4.95. The molecule has 3 unspecified atom stereocenters. The van der Waals surface area contributed by atoms with Crippen molar-refractivity contribution in [3.8, 4) is 0 Å². The molecule has 17 nitrogen and oxygen atoms in total. The number of hydrogen-bond donors (Lipinski definition) is 3. The Bertz CT molecular complexity index is 1800. The smallest absolute Gasteiger partial charge is 0.462 e. The predicted molar refractivity (Wildman–Crippen MR) is 367 cm³/mol. The summed E-state index contributed by atoms with van der Waals surface area (Å²) in [6, 6.07) is 0. The molecule has 0 aromatic carbocycles. The molecule has 0 aromatic rings. The normalized spacial score (nSPS) is 14.2. The topological polar surface area (TPSA) is 237 Å². The van der Waals surface area contributed by atoms with Crippen LogP contribution in [0.3, 0.4) is 0 Å². The number of unbranched alkanes of at least 4 members (excludes halogenated alkanes) is 35. The zero-order valence-corrected chi connectivity index (χ0v) is 61.3. The Balaban J connectivity index is 5.20. The Morgan fingerprint density at radius 1 is 0.275 bits per heavy atom. The lowest BCUT2D eigenvalue weighted by atomic mass is 10.0. The van der Waals surface area contributed by atoms with Gasteiger partial charge in [-0.15, -0.1) is 0 Å². The quantitative estimate of drug-likeness (QED) is 0.0222. The molecule has 0 saturated carbocycles. The highest BCUT2D eigenvalue weighted by Crippen LogP contribution is 2.45. The summed E-state index contributed by atoms with van der Waals surface area (Å²) < 4.78 is 68.3. The van der Waals surface area contributed by atoms with E-state index in [9.17, 15) is 43.2 Å². The van der Waals surface area contributed by atoms with Crippen LogP contribution in [0.4, 0.5) is 0 Å². The molecule has 540 valence electrons. The number of aliphatic hydroxyl groups excluding tert-OH is 1. The van der Waals surface area contributed by atoms with Gasteiger partial charge in [-0.05, 0) is 49.4 Å². The fourth-order valence-electron chi connectivity index (χ4n) is 10.8. The van der Waals surface area contributed by atoms with Gasteiger partial charge in [0.1, 0.15) is 19.3 Å². The molecule has 0 radical (unpaired) electrons. The first-order chi connectivity index (χ1) is 43.6. The molecular formula is C72H140O17P2. The van der Waals surface area contributed by atoms with E-state index in [1.807, 2.05) is 0 Å². The first kappa shape index (κ1) is 89.1. The first-order valence-corrected chi connectivity index (χ1v) is 40.2. The largest absolute Gasteiger partial charge is 0.472 e. The lowest BCUT2D eigenvalue weighted by molar-refractivity contribution is -0.161. The first-order valence-electron chi connectivity index (χ1n) is 37.2. The maximum absolute atomic E-state index is 13.0. The number of phosphoric acid groups is 2. The van der Waals surface area contributed by atoms with Crippen molar-refractivity contribution < 1.29 is 80.2 Å². The summed E-state index contributed by atoms with van der Waals surface area (Å²) in [5.41, 5.74) is 0. The molecular weight excluding hydrogens is 1200 g/mol. The molecule has 91 heavy (non-hydrogen) atoms. The molecule has 0 amide bonds. The Kier molecular flexibility index (Phi) is 60.3. The van der Waals surface area contributed by atoms with Crippen molar-refractivity contribution in [3.63, 3.8) is 0 Å². The van der Waals surface area contributed by atoms with E-state index >= 15 is 0 Å². The maximum Gasteiger partial charge on any atom is 0.472 e. The van der Waals surface area contributed by atoms with Crippen LogP contribution in [0, 0.1) is 23.7 Å². The Hall–Kier alpha value is -1.94. The fraction of sp³-hybridized carbons (Fsp3) is 0.944. The molecule has 0 bridgehead atoms. The highest BCUT2D eigenvalue weighted by Gasteiger charge is 2.30. The third kappa shape index (κ3) is 66.5. The third-order valence-corrected chi connectivity index (χ3v) is 18.5. The van der Waals surface area contributed by atoms with Gasteiger partial charge < -0.3 is 33.8 Å². The van der Waals surface area contributed by atoms with E-state index in [4.69, 9.17) is 37.0 Å². The van der Waals surface area contributed by atoms with E-state index < -0.39 is 97.5 Å². The monoisotopic (exact) mass is 1340 g/mol. The van der Waals surface area contributed by atoms with Gasteiger partial charge in [-0.1, -0.05) is 306 Å². The molecule has 5 atom stereocenters. The summed E-state index contributed by atoms with van der Waals surface area (Å²) in [4.78, 5) is 72.5. The van der Waals surface area contributed by atoms with Crippen molar-refractivity contribution in [1.82, 2.24) is 0 Å². The molecule has 0 spiro atoms. The second-order valence-corrected chi connectivity index (χ2v) is 30.8. The third-order valence-electron chi connectivity index (χ3n) is 16.6. The fourth-order valence-corrected chi connectivity index (χ4v) is 12.4. The highest BCUT2D eigenvalue weighted by molar-refractivity contribution is 7.47. The van der Waals surface area contributed by atoms with Crippen LogP contribution >= 0.6 is 15.6 Å². The van der Waals surface area contributed by atoms with Crippen molar-refractivity contribution in [2.75, 3.05) is 39.6 Å². The second kappa shape index (κ2) is 61.6. The standard InChI is InChI=1S/C72H140O17P2/c1-62(2)48-40-32-24-19-15-13-11-9-10-12-14-16-21-27-38-46-54-71(76)88-67(58-82-69(74)52-44-36-29-23-26-34-42-50-64(5)6)60-86-90(78,79)84-56-66(73)57-85-91(80,81)87-61-68(59-83-70(75)53-45-37-31-30-35-43-51-65(7)8)89-72(77)55-47-39-28-22-18-17-20-25-33-41-49-63(3)4/h62-68,73H,9-61H2,1-8H3,(H,78,79)(H,80,81)/t66?,67-,68-/m1/s1. The highest BCUT2D eigenvalue weighted by atomic mass is 31.2. The second-order valence-electron chi connectivity index (χ2n) is 27.9. The summed E-state index contributed by atoms with van der Waals surface area (Å²) in [5.74, 6) is 0.816. The summed E-state index contributed by atoms with van der Waals surface area (Å²) in [5, 5.41) is 10.6. The van der Waals surface area contributed by atoms with Crippen molar-refractivity contribution in [2.45, 2.75) is 375 Å². The molecule has 0 aromatic heterocycles. The van der Waals surface area contributed by atoms with Crippen LogP contribution in [0.15, 0.2) is 0 Å². The van der Waals surface area contributed by atoms with Gasteiger partial charge in [0, 0.05) is 25.7 Å². The summed E-state index contributed by atoms with van der Waals surface area (Å²) in [7, 11) is -9.90. The number of ether oxygens (including phenoxy) is 4. The summed E-state index contributed by atoms with van der Waals surface area (Å²) in [6.45, 7) is 14.0. The van der Waals surface area contributed by atoms with Gasteiger partial charge in [-0.3, -0.25) is 37.3 Å². The summed E-state index contributed by atoms with van der Waals surface area (Å²) >= 11 is 0. The van der Waals surface area contributed by atoms with Crippen LogP contribution in [-0.4, -0.2) is 96.7 Å². The van der Waals surface area contributed by atoms with Gasteiger partial charge in [-0.25, -0.2) is 9.13 Å². The molecule has 19 heteroatoms. The zero-order valence-electron chi connectivity index (χ0n) is 59.5. The van der Waals surface area contributed by atoms with E-state index in [1.54, 1.807) is 0 Å². The number of aliphatic hydroxyl groups is 1. The average molecular weight is 1340 g/mol. The van der Waals surface area contributed by atoms with Crippen molar-refractivity contribution in [3.05, 3.63) is 0 Å². The number of esters is 4. The zero-order chi connectivity index (χ0) is 67.5. The molecule has 0 fully saturated rings. The number of carbonyl (C=O) groups is 4. The molecule has 0 aliphatic carbocycles. The van der Waals surface area contributed by atoms with E-state index in [0.29, 0.717) is 37.5 Å². The predicted octanol–water partition coefficient (Wildman–Crippen LogP) is 20.5. The molecule has 3 N–H and O–H groups in total. The van der Waals surface area contributed by atoms with Crippen LogP contribution < -0.4 is 0 Å². The van der Waals surface area contributed by atoms with Crippen molar-refractivity contribution in [2.24, 2.45) is 23.7 Å². The average Bonchev–Trinajstić information content (AvgIpc) is 2.02. The van der Waals surface area contributed by atoms with E-state index in [2.05, 4.69) is 55.4 Å². The molecule has 0 aliphatic rings. The summed E-state index contributed by atoms with van der Waals surface area (Å²) in [6.07, 6.45) is 44.7. The number of carbonyl (C=O) groups excluding carboxylic acids is 4. The lowest BCUT2D eigenvalue weighted by Crippen LogP contribution is -2.30. The minimum absolute atomic E-state index is 0.104. The Labute approximate surface area is 556 Å². The van der Waals surface area contributed by atoms with Crippen molar-refractivity contribution in [1.29, 1.82) is 0 Å². The minimum Gasteiger partial charge on any atom is -0.462 e. The SMILES string of the molecule is CC(C)CCCCCCCCCCCCCCCCCCC(=O)O[C@H](COC(=O)CCCCCCCCCC(C)C)COP(=O)(O)OCC(O)COP(=O)(O)OC[C@@H](COC(=O)CCCCCCCCC(C)C)OC(=O)CCCCCCCCCCCCC(C)C. The molecule has 0 rings (SSSR count). The Morgan fingerprint density at radius 2 is 0.462 bits per heavy atom. The lowest BCUT2D eigenvalue weighted by Gasteiger charge is -2.21. The molecule has 0 heterocycles. The van der Waals surface area contributed by atoms with Gasteiger partial charge in [0.2, 0.25) is 0 Å². The molecule has 0 aliphatic heterocycles.